The Morgan fingerprint density at radius 3 is 2.88 bits per heavy atom. The highest BCUT2D eigenvalue weighted by Gasteiger charge is 2.33. The van der Waals surface area contributed by atoms with Gasteiger partial charge in [-0.3, -0.25) is 4.79 Å². The van der Waals surface area contributed by atoms with Gasteiger partial charge in [0.25, 0.3) is 5.91 Å². The molecule has 1 atom stereocenters. The Morgan fingerprint density at radius 1 is 1.62 bits per heavy atom. The molecule has 0 aromatic carbocycles. The van der Waals surface area contributed by atoms with Crippen molar-refractivity contribution in [3.63, 3.8) is 0 Å². The fourth-order valence-electron chi connectivity index (χ4n) is 1.84. The Hall–Kier alpha value is -0.970. The van der Waals surface area contributed by atoms with Crippen LogP contribution in [0.15, 0.2) is 0 Å². The van der Waals surface area contributed by atoms with E-state index in [0.717, 1.165) is 12.1 Å². The summed E-state index contributed by atoms with van der Waals surface area (Å²) in [6, 6.07) is 0.333. The predicted octanol–water partition coefficient (Wildman–Crippen LogP) is 1.97. The molecular weight excluding hydrogens is 222 g/mol. The molecule has 1 unspecified atom stereocenters. The molecule has 0 radical (unpaired) electrons. The molecule has 1 saturated carbocycles. The third-order valence-electron chi connectivity index (χ3n) is 3.32. The minimum Gasteiger partial charge on any atom is -0.338 e. The first-order valence-electron chi connectivity index (χ1n) is 5.73. The van der Waals surface area contributed by atoms with Crippen LogP contribution in [-0.4, -0.2) is 33.5 Å². The third-order valence-corrected chi connectivity index (χ3v) is 4.08. The van der Waals surface area contributed by atoms with Crippen LogP contribution in [-0.2, 0) is 6.42 Å². The fraction of sp³-hybridized carbons (Fsp3) is 0.727. The van der Waals surface area contributed by atoms with Crippen molar-refractivity contribution in [3.05, 3.63) is 10.6 Å². The molecule has 0 spiro atoms. The monoisotopic (exact) mass is 239 g/mol. The molecule has 1 aliphatic rings. The van der Waals surface area contributed by atoms with Crippen molar-refractivity contribution >= 4 is 17.4 Å². The van der Waals surface area contributed by atoms with Gasteiger partial charge in [-0.1, -0.05) is 11.4 Å². The van der Waals surface area contributed by atoms with Crippen molar-refractivity contribution < 1.29 is 4.79 Å². The summed E-state index contributed by atoms with van der Waals surface area (Å²) in [5, 5.41) is 3.98. The predicted molar refractivity (Wildman–Crippen MR) is 63.6 cm³/mol. The molecule has 16 heavy (non-hydrogen) atoms. The van der Waals surface area contributed by atoms with Gasteiger partial charge in [0.15, 0.2) is 0 Å². The quantitative estimate of drug-likeness (QED) is 0.807. The zero-order valence-electron chi connectivity index (χ0n) is 9.93. The van der Waals surface area contributed by atoms with Crippen LogP contribution in [0.5, 0.6) is 0 Å². The van der Waals surface area contributed by atoms with Crippen molar-refractivity contribution in [3.8, 4) is 0 Å². The average molecular weight is 239 g/mol. The van der Waals surface area contributed by atoms with E-state index in [1.807, 2.05) is 18.9 Å². The van der Waals surface area contributed by atoms with E-state index in [2.05, 4.69) is 16.5 Å². The van der Waals surface area contributed by atoms with Crippen molar-refractivity contribution in [2.24, 2.45) is 5.92 Å². The largest absolute Gasteiger partial charge is 0.338 e. The van der Waals surface area contributed by atoms with Crippen molar-refractivity contribution in [1.29, 1.82) is 0 Å². The van der Waals surface area contributed by atoms with Gasteiger partial charge < -0.3 is 4.90 Å². The summed E-state index contributed by atoms with van der Waals surface area (Å²) in [4.78, 5) is 14.8. The summed E-state index contributed by atoms with van der Waals surface area (Å²) in [5.41, 5.74) is 0.824. The molecule has 5 heteroatoms. The molecular formula is C11H17N3OS. The van der Waals surface area contributed by atoms with Gasteiger partial charge in [-0.15, -0.1) is 5.10 Å². The van der Waals surface area contributed by atoms with Gasteiger partial charge >= 0.3 is 0 Å². The van der Waals surface area contributed by atoms with Gasteiger partial charge in [-0.05, 0) is 43.6 Å². The standard InChI is InChI=1S/C11H17N3OS/c1-4-9-10(16-13-12-9)11(15)14(3)7(2)8-5-6-8/h7-8H,4-6H2,1-3H3. The number of carbonyl (C=O) groups excluding carboxylic acids is 1. The van der Waals surface area contributed by atoms with Crippen LogP contribution in [0.4, 0.5) is 0 Å². The third kappa shape index (κ3) is 2.09. The molecule has 4 nitrogen and oxygen atoms in total. The van der Waals surface area contributed by atoms with Crippen LogP contribution < -0.4 is 0 Å². The number of aryl methyl sites for hydroxylation is 1. The number of hydrogen-bond acceptors (Lipinski definition) is 4. The van der Waals surface area contributed by atoms with E-state index in [-0.39, 0.29) is 5.91 Å². The van der Waals surface area contributed by atoms with E-state index >= 15 is 0 Å². The number of amides is 1. The number of nitrogens with zero attached hydrogens (tertiary/aromatic N) is 3. The summed E-state index contributed by atoms with van der Waals surface area (Å²) >= 11 is 1.21. The van der Waals surface area contributed by atoms with E-state index < -0.39 is 0 Å². The SMILES string of the molecule is CCc1nnsc1C(=O)N(C)C(C)C1CC1. The molecule has 0 saturated heterocycles. The molecule has 1 aromatic heterocycles. The van der Waals surface area contributed by atoms with Crippen LogP contribution in [0.2, 0.25) is 0 Å². The van der Waals surface area contributed by atoms with Crippen molar-refractivity contribution in [2.75, 3.05) is 7.05 Å². The lowest BCUT2D eigenvalue weighted by Crippen LogP contribution is -2.36. The first-order valence-corrected chi connectivity index (χ1v) is 6.50. The molecule has 0 bridgehead atoms. The summed E-state index contributed by atoms with van der Waals surface area (Å²) in [6.45, 7) is 4.12. The van der Waals surface area contributed by atoms with Gasteiger partial charge in [0, 0.05) is 13.1 Å². The normalized spacial score (nSPS) is 17.2. The zero-order valence-corrected chi connectivity index (χ0v) is 10.8. The summed E-state index contributed by atoms with van der Waals surface area (Å²) < 4.78 is 3.86. The molecule has 0 N–H and O–H groups in total. The van der Waals surface area contributed by atoms with E-state index in [0.29, 0.717) is 16.8 Å². The van der Waals surface area contributed by atoms with Crippen LogP contribution in [0.25, 0.3) is 0 Å². The Balaban J connectivity index is 2.11. The van der Waals surface area contributed by atoms with Crippen molar-refractivity contribution in [2.45, 2.75) is 39.2 Å². The summed E-state index contributed by atoms with van der Waals surface area (Å²) in [7, 11) is 1.88. The van der Waals surface area contributed by atoms with E-state index in [9.17, 15) is 4.79 Å². The lowest BCUT2D eigenvalue weighted by atomic mass is 10.2. The van der Waals surface area contributed by atoms with Gasteiger partial charge in [0.05, 0.1) is 5.69 Å². The maximum absolute atomic E-state index is 12.2. The fourth-order valence-corrected chi connectivity index (χ4v) is 2.58. The maximum Gasteiger partial charge on any atom is 0.267 e. The second-order valence-corrected chi connectivity index (χ2v) is 5.15. The lowest BCUT2D eigenvalue weighted by molar-refractivity contribution is 0.0731. The van der Waals surface area contributed by atoms with Gasteiger partial charge in [-0.2, -0.15) is 0 Å². The summed E-state index contributed by atoms with van der Waals surface area (Å²) in [5.74, 6) is 0.770. The minimum atomic E-state index is 0.0752. The van der Waals surface area contributed by atoms with Crippen LogP contribution in [0.3, 0.4) is 0 Å². The van der Waals surface area contributed by atoms with Crippen LogP contribution in [0, 0.1) is 5.92 Å². The van der Waals surface area contributed by atoms with Gasteiger partial charge in [0.2, 0.25) is 0 Å². The molecule has 0 aliphatic heterocycles. The van der Waals surface area contributed by atoms with Gasteiger partial charge in [0.1, 0.15) is 4.88 Å². The second-order valence-electron chi connectivity index (χ2n) is 4.40. The van der Waals surface area contributed by atoms with Crippen molar-refractivity contribution in [1.82, 2.24) is 14.5 Å². The maximum atomic E-state index is 12.2. The average Bonchev–Trinajstić information content (AvgIpc) is 3.04. The second kappa shape index (κ2) is 4.49. The van der Waals surface area contributed by atoms with E-state index in [4.69, 9.17) is 0 Å². The number of aromatic nitrogens is 2. The molecule has 1 aromatic rings. The Kier molecular flexibility index (Phi) is 3.23. The smallest absolute Gasteiger partial charge is 0.267 e. The highest BCUT2D eigenvalue weighted by atomic mass is 32.1. The molecule has 2 rings (SSSR count). The lowest BCUT2D eigenvalue weighted by Gasteiger charge is -2.24. The van der Waals surface area contributed by atoms with E-state index in [1.165, 1.54) is 24.4 Å². The topological polar surface area (TPSA) is 46.1 Å². The van der Waals surface area contributed by atoms with Crippen LogP contribution in [0.1, 0.15) is 42.1 Å². The minimum absolute atomic E-state index is 0.0752. The Morgan fingerprint density at radius 2 is 2.31 bits per heavy atom. The van der Waals surface area contributed by atoms with Gasteiger partial charge in [-0.25, -0.2) is 0 Å². The molecule has 1 amide bonds. The zero-order chi connectivity index (χ0) is 11.7. The molecule has 1 heterocycles. The molecule has 88 valence electrons. The highest BCUT2D eigenvalue weighted by molar-refractivity contribution is 7.07. The molecule has 1 fully saturated rings. The number of hydrogen-bond donors (Lipinski definition) is 0. The number of carbonyl (C=O) groups is 1. The number of rotatable bonds is 4. The van der Waals surface area contributed by atoms with Crippen LogP contribution >= 0.6 is 11.5 Å². The Labute approximate surface area is 99.8 Å². The first-order chi connectivity index (χ1) is 7.65. The van der Waals surface area contributed by atoms with E-state index in [1.54, 1.807) is 0 Å². The Bertz CT molecular complexity index is 386. The molecule has 1 aliphatic carbocycles. The first kappa shape index (κ1) is 11.5. The highest BCUT2D eigenvalue weighted by Crippen LogP contribution is 2.35. The summed E-state index contributed by atoms with van der Waals surface area (Å²) in [6.07, 6.45) is 3.27.